The molecule has 0 radical (unpaired) electrons. The number of carbonyl (C=O) groups excluding carboxylic acids is 1. The number of nitrogens with one attached hydrogen (secondary N) is 1. The molecule has 3 heteroatoms. The standard InChI is InChI=1S/C16H22N2O/c1-4-11-18(12-5-2)13-16(19)17-15-10-8-7-9-14(15)6-3/h4-5,7-10H,1-2,6,11-13H2,3H3,(H,17,19). The molecule has 1 aromatic rings. The van der Waals surface area contributed by atoms with E-state index in [1.54, 1.807) is 12.2 Å². The molecule has 0 bridgehead atoms. The molecule has 0 heterocycles. The lowest BCUT2D eigenvalue weighted by molar-refractivity contribution is -0.117. The Morgan fingerprint density at radius 2 is 1.89 bits per heavy atom. The van der Waals surface area contributed by atoms with E-state index in [0.29, 0.717) is 19.6 Å². The highest BCUT2D eigenvalue weighted by Gasteiger charge is 2.09. The molecule has 1 aromatic carbocycles. The van der Waals surface area contributed by atoms with Gasteiger partial charge in [0.05, 0.1) is 6.54 Å². The summed E-state index contributed by atoms with van der Waals surface area (Å²) in [6.07, 6.45) is 4.48. The second-order valence-electron chi connectivity index (χ2n) is 4.33. The third-order valence-electron chi connectivity index (χ3n) is 2.81. The van der Waals surface area contributed by atoms with Gasteiger partial charge in [0, 0.05) is 18.8 Å². The highest BCUT2D eigenvalue weighted by Crippen LogP contribution is 2.15. The predicted molar refractivity (Wildman–Crippen MR) is 81.3 cm³/mol. The largest absolute Gasteiger partial charge is 0.325 e. The lowest BCUT2D eigenvalue weighted by Gasteiger charge is -2.18. The molecule has 0 aromatic heterocycles. The average molecular weight is 258 g/mol. The third kappa shape index (κ3) is 5.10. The van der Waals surface area contributed by atoms with Crippen molar-refractivity contribution in [2.45, 2.75) is 13.3 Å². The summed E-state index contributed by atoms with van der Waals surface area (Å²) in [6.45, 7) is 11.2. The predicted octanol–water partition coefficient (Wildman–Crippen LogP) is 2.86. The second kappa shape index (κ2) is 8.27. The summed E-state index contributed by atoms with van der Waals surface area (Å²) in [4.78, 5) is 14.0. The van der Waals surface area contributed by atoms with E-state index in [0.717, 1.165) is 17.7 Å². The fraction of sp³-hybridized carbons (Fsp3) is 0.312. The molecule has 0 aliphatic heterocycles. The first-order valence-corrected chi connectivity index (χ1v) is 6.53. The van der Waals surface area contributed by atoms with Gasteiger partial charge in [-0.2, -0.15) is 0 Å². The summed E-state index contributed by atoms with van der Waals surface area (Å²) < 4.78 is 0. The van der Waals surface area contributed by atoms with Crippen molar-refractivity contribution in [2.24, 2.45) is 0 Å². The minimum Gasteiger partial charge on any atom is -0.325 e. The van der Waals surface area contributed by atoms with Gasteiger partial charge in [-0.05, 0) is 18.1 Å². The molecule has 1 N–H and O–H groups in total. The van der Waals surface area contributed by atoms with E-state index >= 15 is 0 Å². The second-order valence-corrected chi connectivity index (χ2v) is 4.33. The fourth-order valence-corrected chi connectivity index (χ4v) is 1.91. The molecule has 0 unspecified atom stereocenters. The van der Waals surface area contributed by atoms with E-state index in [4.69, 9.17) is 0 Å². The Balaban J connectivity index is 2.62. The summed E-state index contributed by atoms with van der Waals surface area (Å²) in [7, 11) is 0. The quantitative estimate of drug-likeness (QED) is 0.727. The highest BCUT2D eigenvalue weighted by molar-refractivity contribution is 5.93. The molecule has 1 rings (SSSR count). The number of carbonyl (C=O) groups is 1. The van der Waals surface area contributed by atoms with Gasteiger partial charge < -0.3 is 5.32 Å². The smallest absolute Gasteiger partial charge is 0.238 e. The molecule has 0 atom stereocenters. The Kier molecular flexibility index (Phi) is 6.61. The molecular formula is C16H22N2O. The molecule has 0 fully saturated rings. The van der Waals surface area contributed by atoms with Crippen molar-refractivity contribution in [2.75, 3.05) is 25.0 Å². The Hall–Kier alpha value is -1.87. The average Bonchev–Trinajstić information content (AvgIpc) is 2.40. The van der Waals surface area contributed by atoms with E-state index < -0.39 is 0 Å². The summed E-state index contributed by atoms with van der Waals surface area (Å²) in [6, 6.07) is 7.87. The van der Waals surface area contributed by atoms with Crippen LogP contribution in [0.5, 0.6) is 0 Å². The highest BCUT2D eigenvalue weighted by atomic mass is 16.2. The maximum Gasteiger partial charge on any atom is 0.238 e. The summed E-state index contributed by atoms with van der Waals surface area (Å²) in [5.41, 5.74) is 2.04. The molecule has 0 saturated heterocycles. The SMILES string of the molecule is C=CCN(CC=C)CC(=O)Nc1ccccc1CC. The van der Waals surface area contributed by atoms with E-state index in [2.05, 4.69) is 25.4 Å². The molecule has 0 saturated carbocycles. The zero-order chi connectivity index (χ0) is 14.1. The molecular weight excluding hydrogens is 236 g/mol. The van der Waals surface area contributed by atoms with Crippen LogP contribution in [0.25, 0.3) is 0 Å². The zero-order valence-corrected chi connectivity index (χ0v) is 11.6. The van der Waals surface area contributed by atoms with Gasteiger partial charge in [-0.3, -0.25) is 9.69 Å². The van der Waals surface area contributed by atoms with Crippen molar-refractivity contribution in [3.63, 3.8) is 0 Å². The van der Waals surface area contributed by atoms with Crippen LogP contribution >= 0.6 is 0 Å². The molecule has 0 spiro atoms. The van der Waals surface area contributed by atoms with Gasteiger partial charge in [-0.25, -0.2) is 0 Å². The van der Waals surface area contributed by atoms with E-state index in [1.165, 1.54) is 0 Å². The van der Waals surface area contributed by atoms with Gasteiger partial charge in [-0.1, -0.05) is 37.3 Å². The van der Waals surface area contributed by atoms with Gasteiger partial charge in [0.25, 0.3) is 0 Å². The maximum atomic E-state index is 12.0. The molecule has 3 nitrogen and oxygen atoms in total. The van der Waals surface area contributed by atoms with Crippen LogP contribution < -0.4 is 5.32 Å². The topological polar surface area (TPSA) is 32.3 Å². The van der Waals surface area contributed by atoms with Crippen LogP contribution in [0.3, 0.4) is 0 Å². The van der Waals surface area contributed by atoms with Crippen LogP contribution in [0.1, 0.15) is 12.5 Å². The number of rotatable bonds is 8. The van der Waals surface area contributed by atoms with Crippen molar-refractivity contribution in [1.29, 1.82) is 0 Å². The van der Waals surface area contributed by atoms with Crippen LogP contribution in [0.15, 0.2) is 49.6 Å². The Morgan fingerprint density at radius 3 is 2.47 bits per heavy atom. The van der Waals surface area contributed by atoms with Gasteiger partial charge in [0.15, 0.2) is 0 Å². The fourth-order valence-electron chi connectivity index (χ4n) is 1.91. The number of anilines is 1. The number of amides is 1. The van der Waals surface area contributed by atoms with Crippen LogP contribution in [-0.4, -0.2) is 30.4 Å². The summed E-state index contributed by atoms with van der Waals surface area (Å²) in [5.74, 6) is -0.00963. The number of hydrogen-bond acceptors (Lipinski definition) is 2. The number of nitrogens with zero attached hydrogens (tertiary/aromatic N) is 1. The monoisotopic (exact) mass is 258 g/mol. The Morgan fingerprint density at radius 1 is 1.26 bits per heavy atom. The first-order valence-electron chi connectivity index (χ1n) is 6.53. The molecule has 0 aliphatic rings. The number of aryl methyl sites for hydroxylation is 1. The van der Waals surface area contributed by atoms with Crippen molar-refractivity contribution in [3.05, 3.63) is 55.1 Å². The normalized spacial score (nSPS) is 10.2. The first kappa shape index (κ1) is 15.2. The van der Waals surface area contributed by atoms with Crippen molar-refractivity contribution in [1.82, 2.24) is 4.90 Å². The van der Waals surface area contributed by atoms with E-state index in [-0.39, 0.29) is 5.91 Å². The zero-order valence-electron chi connectivity index (χ0n) is 11.6. The number of para-hydroxylation sites is 1. The summed E-state index contributed by atoms with van der Waals surface area (Å²) in [5, 5.41) is 2.96. The van der Waals surface area contributed by atoms with Crippen LogP contribution in [0.4, 0.5) is 5.69 Å². The van der Waals surface area contributed by atoms with Gasteiger partial charge in [-0.15, -0.1) is 13.2 Å². The van der Waals surface area contributed by atoms with Gasteiger partial charge >= 0.3 is 0 Å². The minimum atomic E-state index is -0.00963. The summed E-state index contributed by atoms with van der Waals surface area (Å²) >= 11 is 0. The van der Waals surface area contributed by atoms with Crippen LogP contribution in [-0.2, 0) is 11.2 Å². The van der Waals surface area contributed by atoms with Crippen molar-refractivity contribution < 1.29 is 4.79 Å². The van der Waals surface area contributed by atoms with Crippen molar-refractivity contribution >= 4 is 11.6 Å². The lowest BCUT2D eigenvalue weighted by Crippen LogP contribution is -2.33. The minimum absolute atomic E-state index is 0.00963. The molecule has 19 heavy (non-hydrogen) atoms. The molecule has 1 amide bonds. The van der Waals surface area contributed by atoms with Gasteiger partial charge in [0.2, 0.25) is 5.91 Å². The van der Waals surface area contributed by atoms with E-state index in [9.17, 15) is 4.79 Å². The third-order valence-corrected chi connectivity index (χ3v) is 2.81. The first-order chi connectivity index (χ1) is 9.21. The van der Waals surface area contributed by atoms with E-state index in [1.807, 2.05) is 29.2 Å². The Bertz CT molecular complexity index is 430. The van der Waals surface area contributed by atoms with Crippen LogP contribution in [0.2, 0.25) is 0 Å². The number of hydrogen-bond donors (Lipinski definition) is 1. The molecule has 102 valence electrons. The molecule has 0 aliphatic carbocycles. The maximum absolute atomic E-state index is 12.0. The van der Waals surface area contributed by atoms with Gasteiger partial charge in [0.1, 0.15) is 0 Å². The van der Waals surface area contributed by atoms with Crippen LogP contribution in [0, 0.1) is 0 Å². The lowest BCUT2D eigenvalue weighted by atomic mass is 10.1. The number of benzene rings is 1. The Labute approximate surface area is 115 Å². The van der Waals surface area contributed by atoms with Crippen molar-refractivity contribution in [3.8, 4) is 0 Å².